The van der Waals surface area contributed by atoms with Gasteiger partial charge in [0.25, 0.3) is 0 Å². The van der Waals surface area contributed by atoms with Crippen molar-refractivity contribution in [2.24, 2.45) is 0 Å². The van der Waals surface area contributed by atoms with Gasteiger partial charge in [-0.15, -0.1) is 26.3 Å². The van der Waals surface area contributed by atoms with E-state index in [4.69, 9.17) is 18.9 Å². The van der Waals surface area contributed by atoms with Gasteiger partial charge in [-0.2, -0.15) is 0 Å². The first-order valence-electron chi connectivity index (χ1n) is 15.8. The molecule has 0 unspecified atom stereocenters. The number of rotatable bonds is 22. The third-order valence-electron chi connectivity index (χ3n) is 6.88. The predicted octanol–water partition coefficient (Wildman–Crippen LogP) is 8.80. The first-order valence-corrected chi connectivity index (χ1v) is 15.8. The zero-order valence-corrected chi connectivity index (χ0v) is 26.7. The van der Waals surface area contributed by atoms with Crippen LogP contribution in [0, 0.1) is 0 Å². The quantitative estimate of drug-likeness (QED) is 0.0658. The lowest BCUT2D eigenvalue weighted by Gasteiger charge is -2.18. The molecule has 0 saturated heterocycles. The zero-order valence-electron chi connectivity index (χ0n) is 26.7. The van der Waals surface area contributed by atoms with Crippen molar-refractivity contribution in [2.45, 2.75) is 51.4 Å². The number of amides is 2. The number of anilines is 2. The second-order valence-corrected chi connectivity index (χ2v) is 10.5. The molecule has 2 amide bonds. The molecule has 0 aliphatic rings. The molecule has 8 heteroatoms. The van der Waals surface area contributed by atoms with Gasteiger partial charge in [-0.3, -0.25) is 9.59 Å². The van der Waals surface area contributed by atoms with Crippen LogP contribution in [0.2, 0.25) is 0 Å². The van der Waals surface area contributed by atoms with Gasteiger partial charge in [0, 0.05) is 5.39 Å². The summed E-state index contributed by atoms with van der Waals surface area (Å²) in [5, 5.41) is 7.07. The minimum absolute atomic E-state index is 0.286. The molecule has 0 aliphatic heterocycles. The number of carbonyl (C=O) groups excluding carboxylic acids is 2. The lowest BCUT2D eigenvalue weighted by atomic mass is 10.1. The first-order chi connectivity index (χ1) is 22.5. The maximum absolute atomic E-state index is 13.5. The van der Waals surface area contributed by atoms with E-state index in [9.17, 15) is 9.59 Å². The Morgan fingerprint density at radius 3 is 1.50 bits per heavy atom. The molecular weight excluding hydrogens is 580 g/mol. The molecule has 3 rings (SSSR count). The van der Waals surface area contributed by atoms with E-state index in [-0.39, 0.29) is 5.69 Å². The number of allylic oxidation sites excluding steroid dienone is 4. The number of hydrogen-bond donors (Lipinski definition) is 2. The van der Waals surface area contributed by atoms with Crippen molar-refractivity contribution in [2.75, 3.05) is 37.1 Å². The number of benzene rings is 3. The third-order valence-corrected chi connectivity index (χ3v) is 6.88. The van der Waals surface area contributed by atoms with E-state index in [0.717, 1.165) is 56.8 Å². The van der Waals surface area contributed by atoms with Crippen LogP contribution in [0.4, 0.5) is 11.4 Å². The number of carbonyl (C=O) groups is 2. The molecule has 0 spiro atoms. The van der Waals surface area contributed by atoms with Gasteiger partial charge in [-0.05, 0) is 87.1 Å². The fraction of sp³-hybridized carbons (Fsp3) is 0.316. The summed E-state index contributed by atoms with van der Waals surface area (Å²) in [6.07, 6.45) is 13.6. The maximum Gasteiger partial charge on any atom is 0.314 e. The topological polar surface area (TPSA) is 95.1 Å². The molecule has 0 heterocycles. The van der Waals surface area contributed by atoms with Gasteiger partial charge in [0.1, 0.15) is 28.7 Å². The standard InChI is InChI=1S/C38H46N2O6/c1-5-9-13-24-43-30-22-20-29-21-23-34(46-27-16-12-8-4)35(31(29)28-30)39-37(41)38(42)40-36-32(44-25-14-10-6-2)18-17-19-33(36)45-26-15-11-7-3/h5-8,17-23,28H,1-4,9-16,24-27H2,(H,39,41)(H,40,42). The van der Waals surface area contributed by atoms with Gasteiger partial charge in [0.15, 0.2) is 0 Å². The first kappa shape index (κ1) is 35.5. The van der Waals surface area contributed by atoms with Crippen LogP contribution in [0.1, 0.15) is 51.4 Å². The van der Waals surface area contributed by atoms with Crippen LogP contribution in [0.3, 0.4) is 0 Å². The Labute approximate surface area is 272 Å². The van der Waals surface area contributed by atoms with Crippen LogP contribution in [0.5, 0.6) is 23.0 Å². The Hall–Kier alpha value is -4.98. The van der Waals surface area contributed by atoms with E-state index in [1.807, 2.05) is 48.6 Å². The number of ether oxygens (including phenoxy) is 4. The van der Waals surface area contributed by atoms with E-state index >= 15 is 0 Å². The molecule has 8 nitrogen and oxygen atoms in total. The minimum atomic E-state index is -0.885. The second-order valence-electron chi connectivity index (χ2n) is 10.5. The number of para-hydroxylation sites is 1. The second kappa shape index (κ2) is 20.1. The summed E-state index contributed by atoms with van der Waals surface area (Å²) in [7, 11) is 0. The third kappa shape index (κ3) is 11.2. The van der Waals surface area contributed by atoms with Crippen LogP contribution in [-0.2, 0) is 9.59 Å². The Bertz CT molecular complexity index is 1440. The minimum Gasteiger partial charge on any atom is -0.494 e. The highest BCUT2D eigenvalue weighted by Crippen LogP contribution is 2.37. The summed E-state index contributed by atoms with van der Waals surface area (Å²) in [5.74, 6) is 0.131. The van der Waals surface area contributed by atoms with Gasteiger partial charge in [0.2, 0.25) is 0 Å². The Balaban J connectivity index is 1.89. The summed E-state index contributed by atoms with van der Waals surface area (Å²) < 4.78 is 24.0. The summed E-state index contributed by atoms with van der Waals surface area (Å²) in [6, 6.07) is 14.6. The molecule has 2 N–H and O–H groups in total. The van der Waals surface area contributed by atoms with Crippen LogP contribution >= 0.6 is 0 Å². The molecule has 0 bridgehead atoms. The highest BCUT2D eigenvalue weighted by atomic mass is 16.5. The van der Waals surface area contributed by atoms with E-state index in [1.54, 1.807) is 24.3 Å². The Morgan fingerprint density at radius 2 is 1.00 bits per heavy atom. The Kier molecular flexibility index (Phi) is 15.5. The van der Waals surface area contributed by atoms with Crippen molar-refractivity contribution in [3.63, 3.8) is 0 Å². The summed E-state index contributed by atoms with van der Waals surface area (Å²) in [4.78, 5) is 26.9. The van der Waals surface area contributed by atoms with Crippen molar-refractivity contribution < 1.29 is 28.5 Å². The number of nitrogens with one attached hydrogen (secondary N) is 2. The van der Waals surface area contributed by atoms with E-state index in [0.29, 0.717) is 60.5 Å². The SMILES string of the molecule is C=CCCCOc1ccc2ccc(OCCCC=C)c(NC(=O)C(=O)Nc3c(OCCCC=C)cccc3OCCCC=C)c2c1. The van der Waals surface area contributed by atoms with Gasteiger partial charge in [-0.25, -0.2) is 0 Å². The van der Waals surface area contributed by atoms with Gasteiger partial charge >= 0.3 is 11.8 Å². The molecule has 0 fully saturated rings. The van der Waals surface area contributed by atoms with Gasteiger partial charge in [-0.1, -0.05) is 42.5 Å². The number of fused-ring (bicyclic) bond motifs is 1. The molecule has 0 atom stereocenters. The van der Waals surface area contributed by atoms with E-state index < -0.39 is 11.8 Å². The molecule has 0 radical (unpaired) electrons. The summed E-state index contributed by atoms with van der Waals surface area (Å²) in [6.45, 7) is 16.7. The molecule has 3 aromatic rings. The number of unbranched alkanes of at least 4 members (excludes halogenated alkanes) is 4. The largest absolute Gasteiger partial charge is 0.494 e. The molecule has 3 aromatic carbocycles. The molecule has 0 aliphatic carbocycles. The van der Waals surface area contributed by atoms with Crippen molar-refractivity contribution in [1.82, 2.24) is 0 Å². The van der Waals surface area contributed by atoms with Crippen molar-refractivity contribution in [3.05, 3.63) is 99.2 Å². The normalized spacial score (nSPS) is 10.4. The van der Waals surface area contributed by atoms with Crippen LogP contribution in [-0.4, -0.2) is 38.2 Å². The maximum atomic E-state index is 13.5. The van der Waals surface area contributed by atoms with Crippen molar-refractivity contribution in [3.8, 4) is 23.0 Å². The monoisotopic (exact) mass is 626 g/mol. The van der Waals surface area contributed by atoms with Crippen molar-refractivity contribution >= 4 is 34.0 Å². The van der Waals surface area contributed by atoms with Gasteiger partial charge in [0.05, 0.1) is 32.1 Å². The highest BCUT2D eigenvalue weighted by Gasteiger charge is 2.22. The average Bonchev–Trinajstić information content (AvgIpc) is 3.07. The van der Waals surface area contributed by atoms with E-state index in [1.165, 1.54) is 0 Å². The molecule has 0 saturated carbocycles. The highest BCUT2D eigenvalue weighted by molar-refractivity contribution is 6.44. The smallest absolute Gasteiger partial charge is 0.314 e. The lowest BCUT2D eigenvalue weighted by Crippen LogP contribution is -2.30. The molecule has 244 valence electrons. The summed E-state index contributed by atoms with van der Waals surface area (Å²) >= 11 is 0. The van der Waals surface area contributed by atoms with Crippen LogP contribution in [0.15, 0.2) is 99.2 Å². The van der Waals surface area contributed by atoms with Crippen molar-refractivity contribution in [1.29, 1.82) is 0 Å². The average molecular weight is 627 g/mol. The fourth-order valence-corrected chi connectivity index (χ4v) is 4.48. The lowest BCUT2D eigenvalue weighted by molar-refractivity contribution is -0.133. The fourth-order valence-electron chi connectivity index (χ4n) is 4.48. The Morgan fingerprint density at radius 1 is 0.565 bits per heavy atom. The molecule has 0 aromatic heterocycles. The van der Waals surface area contributed by atoms with Crippen LogP contribution in [0.25, 0.3) is 10.8 Å². The predicted molar refractivity (Wildman–Crippen MR) is 187 cm³/mol. The molecule has 46 heavy (non-hydrogen) atoms. The molecular formula is C38H46N2O6. The van der Waals surface area contributed by atoms with E-state index in [2.05, 4.69) is 36.9 Å². The van der Waals surface area contributed by atoms with Gasteiger partial charge < -0.3 is 29.6 Å². The van der Waals surface area contributed by atoms with Crippen LogP contribution < -0.4 is 29.6 Å². The summed E-state index contributed by atoms with van der Waals surface area (Å²) in [5.41, 5.74) is 0.663. The number of hydrogen-bond acceptors (Lipinski definition) is 6. The zero-order chi connectivity index (χ0) is 33.0.